The predicted octanol–water partition coefficient (Wildman–Crippen LogP) is -5.40. The average molecular weight is 342 g/mol. The molecule has 0 bridgehead atoms. The molecule has 23 heavy (non-hydrogen) atoms. The molecule has 2 saturated heterocycles. The lowest BCUT2D eigenvalue weighted by atomic mass is 9.97. The van der Waals surface area contributed by atoms with Gasteiger partial charge in [0.2, 0.25) is 0 Å². The van der Waals surface area contributed by atoms with Crippen molar-refractivity contribution in [1.82, 2.24) is 0 Å². The molecule has 0 amide bonds. The topological polar surface area (TPSA) is 190 Å². The highest BCUT2D eigenvalue weighted by atomic mass is 16.7. The molecular weight excluding hydrogens is 320 g/mol. The summed E-state index contributed by atoms with van der Waals surface area (Å²) in [6.07, 6.45) is -15.6. The Morgan fingerprint density at radius 2 is 1.26 bits per heavy atom. The second-order valence-corrected chi connectivity index (χ2v) is 5.53. The number of aliphatic hydroxyl groups is 8. The van der Waals surface area contributed by atoms with Crippen LogP contribution in [0, 0.1) is 0 Å². The second kappa shape index (κ2) is 7.63. The zero-order chi connectivity index (χ0) is 17.3. The lowest BCUT2D eigenvalue weighted by Crippen LogP contribution is -2.64. The Morgan fingerprint density at radius 3 is 1.83 bits per heavy atom. The molecule has 0 aromatic heterocycles. The number of hydrogen-bond acceptors (Lipinski definition) is 11. The van der Waals surface area contributed by atoms with Gasteiger partial charge in [-0.3, -0.25) is 0 Å². The maximum absolute atomic E-state index is 9.94. The molecule has 0 saturated carbocycles. The van der Waals surface area contributed by atoms with Crippen molar-refractivity contribution in [3.8, 4) is 0 Å². The second-order valence-electron chi connectivity index (χ2n) is 5.53. The van der Waals surface area contributed by atoms with Gasteiger partial charge in [0.1, 0.15) is 48.8 Å². The quantitative estimate of drug-likeness (QED) is 0.243. The fraction of sp³-hybridized carbons (Fsp3) is 1.00. The van der Waals surface area contributed by atoms with Crippen LogP contribution < -0.4 is 0 Å². The zero-order valence-electron chi connectivity index (χ0n) is 12.0. The molecule has 11 nitrogen and oxygen atoms in total. The molecule has 2 aliphatic rings. The van der Waals surface area contributed by atoms with E-state index in [0.29, 0.717) is 0 Å². The highest BCUT2D eigenvalue weighted by Crippen LogP contribution is 2.28. The summed E-state index contributed by atoms with van der Waals surface area (Å²) in [6, 6.07) is 0. The smallest absolute Gasteiger partial charge is 0.187 e. The fourth-order valence-electron chi connectivity index (χ4n) is 2.57. The lowest BCUT2D eigenvalue weighted by molar-refractivity contribution is -0.355. The third-order valence-electron chi connectivity index (χ3n) is 3.98. The normalized spacial score (nSPS) is 51.7. The molecule has 2 aliphatic heterocycles. The van der Waals surface area contributed by atoms with E-state index in [4.69, 9.17) is 19.3 Å². The molecule has 0 aromatic carbocycles. The van der Waals surface area contributed by atoms with Crippen LogP contribution in [0.2, 0.25) is 0 Å². The summed E-state index contributed by atoms with van der Waals surface area (Å²) in [5.74, 6) is 0. The molecule has 2 fully saturated rings. The molecule has 0 unspecified atom stereocenters. The summed E-state index contributed by atoms with van der Waals surface area (Å²) in [6.45, 7) is -1.35. The molecule has 0 aromatic rings. The summed E-state index contributed by atoms with van der Waals surface area (Å²) in [4.78, 5) is 0. The van der Waals surface area contributed by atoms with Crippen LogP contribution in [0.25, 0.3) is 0 Å². The molecular formula is C12H22O11. The van der Waals surface area contributed by atoms with Crippen molar-refractivity contribution in [2.45, 2.75) is 61.4 Å². The Morgan fingerprint density at radius 1 is 0.652 bits per heavy atom. The van der Waals surface area contributed by atoms with Gasteiger partial charge in [-0.15, -0.1) is 0 Å². The van der Waals surface area contributed by atoms with Gasteiger partial charge in [0.25, 0.3) is 0 Å². The minimum atomic E-state index is -1.74. The molecule has 0 spiro atoms. The van der Waals surface area contributed by atoms with Crippen LogP contribution in [0.4, 0.5) is 0 Å². The minimum Gasteiger partial charge on any atom is -0.394 e. The molecule has 2 heterocycles. The van der Waals surface area contributed by atoms with E-state index in [0.717, 1.165) is 0 Å². The average Bonchev–Trinajstić information content (AvgIpc) is 2.55. The van der Waals surface area contributed by atoms with Gasteiger partial charge in [0, 0.05) is 0 Å². The summed E-state index contributed by atoms with van der Waals surface area (Å²) in [5, 5.41) is 76.5. The van der Waals surface area contributed by atoms with E-state index in [1.165, 1.54) is 0 Å². The van der Waals surface area contributed by atoms with E-state index in [-0.39, 0.29) is 0 Å². The van der Waals surface area contributed by atoms with Gasteiger partial charge in [-0.1, -0.05) is 0 Å². The van der Waals surface area contributed by atoms with Gasteiger partial charge in [0.05, 0.1) is 13.2 Å². The zero-order valence-corrected chi connectivity index (χ0v) is 12.0. The van der Waals surface area contributed by atoms with Crippen molar-refractivity contribution < 1.29 is 55.1 Å². The van der Waals surface area contributed by atoms with Crippen LogP contribution in [0.15, 0.2) is 0 Å². The van der Waals surface area contributed by atoms with E-state index in [9.17, 15) is 35.7 Å². The number of rotatable bonds is 4. The Bertz CT molecular complexity index is 378. The van der Waals surface area contributed by atoms with E-state index < -0.39 is 74.6 Å². The summed E-state index contributed by atoms with van der Waals surface area (Å²) in [5.41, 5.74) is 0. The number of hydrogen-bond donors (Lipinski definition) is 8. The Balaban J connectivity index is 2.11. The number of aliphatic hydroxyl groups excluding tert-OH is 8. The largest absolute Gasteiger partial charge is 0.394 e. The maximum Gasteiger partial charge on any atom is 0.187 e. The van der Waals surface area contributed by atoms with Gasteiger partial charge in [0.15, 0.2) is 12.6 Å². The van der Waals surface area contributed by atoms with Gasteiger partial charge in [-0.2, -0.15) is 0 Å². The first kappa shape index (κ1) is 18.9. The Kier molecular flexibility index (Phi) is 6.27. The van der Waals surface area contributed by atoms with Crippen molar-refractivity contribution >= 4 is 0 Å². The van der Waals surface area contributed by atoms with Crippen molar-refractivity contribution in [2.24, 2.45) is 0 Å². The molecule has 11 heteroatoms. The summed E-state index contributed by atoms with van der Waals surface area (Å²) in [7, 11) is 0. The standard InChI is InChI=1S/C12H22O11/c13-1-3-5(15)6(16)9(19)12(22-3)23-10-4(2-14)21-11(20)8(18)7(10)17/h3-20H,1-2H2/t3-,4-,5-,6-,7+,8-,9-,10+,11+,12-/m0/s1. The minimum absolute atomic E-state index is 0.667. The molecule has 10 atom stereocenters. The van der Waals surface area contributed by atoms with Crippen molar-refractivity contribution in [1.29, 1.82) is 0 Å². The van der Waals surface area contributed by atoms with E-state index >= 15 is 0 Å². The molecule has 0 aliphatic carbocycles. The van der Waals surface area contributed by atoms with Crippen LogP contribution in [-0.4, -0.2) is 115 Å². The van der Waals surface area contributed by atoms with Gasteiger partial charge in [-0.25, -0.2) is 0 Å². The highest BCUT2D eigenvalue weighted by Gasteiger charge is 2.50. The van der Waals surface area contributed by atoms with Crippen LogP contribution in [-0.2, 0) is 14.2 Å². The fourth-order valence-corrected chi connectivity index (χ4v) is 2.57. The molecule has 8 N–H and O–H groups in total. The van der Waals surface area contributed by atoms with Crippen molar-refractivity contribution in [3.63, 3.8) is 0 Å². The first-order valence-electron chi connectivity index (χ1n) is 7.08. The molecule has 2 rings (SSSR count). The lowest BCUT2D eigenvalue weighted by Gasteiger charge is -2.45. The first-order valence-corrected chi connectivity index (χ1v) is 7.08. The predicted molar refractivity (Wildman–Crippen MR) is 68.6 cm³/mol. The maximum atomic E-state index is 9.94. The summed E-state index contributed by atoms with van der Waals surface area (Å²) >= 11 is 0. The monoisotopic (exact) mass is 342 g/mol. The third kappa shape index (κ3) is 3.65. The highest BCUT2D eigenvalue weighted by molar-refractivity contribution is 4.93. The van der Waals surface area contributed by atoms with Crippen molar-refractivity contribution in [2.75, 3.05) is 13.2 Å². The first-order chi connectivity index (χ1) is 10.8. The number of ether oxygens (including phenoxy) is 3. The SMILES string of the molecule is OC[C@@H]1O[C@@H](O[C@H]2[C@H](O)[C@H](O)[C@H](O)O[C@H]2CO)[C@@H](O)[C@@H](O)[C@H]1O. The Labute approximate surface area is 130 Å². The van der Waals surface area contributed by atoms with E-state index in [2.05, 4.69) is 0 Å². The van der Waals surface area contributed by atoms with Crippen LogP contribution >= 0.6 is 0 Å². The van der Waals surface area contributed by atoms with Crippen molar-refractivity contribution in [3.05, 3.63) is 0 Å². The van der Waals surface area contributed by atoms with Gasteiger partial charge < -0.3 is 55.1 Å². The van der Waals surface area contributed by atoms with E-state index in [1.54, 1.807) is 0 Å². The van der Waals surface area contributed by atoms with Crippen LogP contribution in [0.1, 0.15) is 0 Å². The van der Waals surface area contributed by atoms with Gasteiger partial charge >= 0.3 is 0 Å². The molecule has 0 radical (unpaired) electrons. The van der Waals surface area contributed by atoms with E-state index in [1.807, 2.05) is 0 Å². The third-order valence-corrected chi connectivity index (χ3v) is 3.98. The molecule has 136 valence electrons. The Hall–Kier alpha value is -0.440. The van der Waals surface area contributed by atoms with Crippen LogP contribution in [0.5, 0.6) is 0 Å². The van der Waals surface area contributed by atoms with Crippen LogP contribution in [0.3, 0.4) is 0 Å². The van der Waals surface area contributed by atoms with Gasteiger partial charge in [-0.05, 0) is 0 Å². The summed E-state index contributed by atoms with van der Waals surface area (Å²) < 4.78 is 15.3.